The molecule has 1 aliphatic rings. The third kappa shape index (κ3) is 1.63. The van der Waals surface area contributed by atoms with Crippen LogP contribution in [0, 0.1) is 0 Å². The average Bonchev–Trinajstić information content (AvgIpc) is 2.73. The van der Waals surface area contributed by atoms with Crippen LogP contribution in [0.3, 0.4) is 0 Å². The Morgan fingerprint density at radius 1 is 1.64 bits per heavy atom. The Morgan fingerprint density at radius 2 is 2.45 bits per heavy atom. The van der Waals surface area contributed by atoms with Gasteiger partial charge in [0.1, 0.15) is 0 Å². The molecule has 2 rings (SSSR count). The van der Waals surface area contributed by atoms with Gasteiger partial charge in [-0.15, -0.1) is 0 Å². The molecule has 0 radical (unpaired) electrons. The summed E-state index contributed by atoms with van der Waals surface area (Å²) in [5.74, 6) is 0. The average molecular weight is 150 g/mol. The Bertz CT molecular complexity index is 235. The van der Waals surface area contributed by atoms with Crippen LogP contribution in [-0.2, 0) is 13.6 Å². The molecule has 2 nitrogen and oxygen atoms in total. The molecule has 60 valence electrons. The van der Waals surface area contributed by atoms with E-state index in [0.29, 0.717) is 0 Å². The first-order chi connectivity index (χ1) is 5.36. The number of nitrogens with zero attached hydrogens (tertiary/aromatic N) is 1. The van der Waals surface area contributed by atoms with Crippen LogP contribution < -0.4 is 5.32 Å². The summed E-state index contributed by atoms with van der Waals surface area (Å²) in [4.78, 5) is 0. The number of rotatable bonds is 3. The summed E-state index contributed by atoms with van der Waals surface area (Å²) in [7, 11) is 2.09. The van der Waals surface area contributed by atoms with Crippen molar-refractivity contribution in [1.82, 2.24) is 9.88 Å². The maximum Gasteiger partial charge on any atom is 0.0361 e. The molecule has 1 fully saturated rings. The first-order valence-corrected chi connectivity index (χ1v) is 4.20. The van der Waals surface area contributed by atoms with Crippen LogP contribution in [0.1, 0.15) is 18.5 Å². The lowest BCUT2D eigenvalue weighted by Crippen LogP contribution is -2.16. The molecule has 0 atom stereocenters. The molecule has 1 aromatic heterocycles. The standard InChI is InChI=1S/C9H14N2/c1-11-6-2-3-9(11)7-10-8-4-5-8/h2-3,6,8,10H,4-5,7H2,1H3. The monoisotopic (exact) mass is 150 g/mol. The Hall–Kier alpha value is -0.760. The summed E-state index contributed by atoms with van der Waals surface area (Å²) in [6.07, 6.45) is 4.82. The fourth-order valence-electron chi connectivity index (χ4n) is 1.22. The highest BCUT2D eigenvalue weighted by molar-refractivity contribution is 5.06. The van der Waals surface area contributed by atoms with E-state index in [2.05, 4.69) is 35.3 Å². The number of aromatic nitrogens is 1. The number of nitrogens with one attached hydrogen (secondary N) is 1. The lowest BCUT2D eigenvalue weighted by molar-refractivity contribution is 0.651. The fraction of sp³-hybridized carbons (Fsp3) is 0.556. The van der Waals surface area contributed by atoms with Gasteiger partial charge in [-0.3, -0.25) is 0 Å². The third-order valence-electron chi connectivity index (χ3n) is 2.20. The third-order valence-corrected chi connectivity index (χ3v) is 2.20. The molecule has 0 aromatic carbocycles. The largest absolute Gasteiger partial charge is 0.353 e. The molecule has 1 N–H and O–H groups in total. The minimum absolute atomic E-state index is 0.810. The minimum atomic E-state index is 0.810. The van der Waals surface area contributed by atoms with E-state index in [1.807, 2.05) is 0 Å². The molecule has 11 heavy (non-hydrogen) atoms. The number of hydrogen-bond donors (Lipinski definition) is 1. The molecule has 0 spiro atoms. The molecule has 0 amide bonds. The highest BCUT2D eigenvalue weighted by Gasteiger charge is 2.20. The van der Waals surface area contributed by atoms with Crippen molar-refractivity contribution in [3.05, 3.63) is 24.0 Å². The summed E-state index contributed by atoms with van der Waals surface area (Å²) in [5, 5.41) is 3.48. The zero-order chi connectivity index (χ0) is 7.68. The zero-order valence-electron chi connectivity index (χ0n) is 6.88. The Balaban J connectivity index is 1.89. The van der Waals surface area contributed by atoms with Crippen molar-refractivity contribution in [3.8, 4) is 0 Å². The molecule has 0 aliphatic heterocycles. The van der Waals surface area contributed by atoms with Gasteiger partial charge in [0, 0.05) is 31.5 Å². The quantitative estimate of drug-likeness (QED) is 0.686. The van der Waals surface area contributed by atoms with Gasteiger partial charge in [-0.25, -0.2) is 0 Å². The van der Waals surface area contributed by atoms with Gasteiger partial charge >= 0.3 is 0 Å². The molecule has 2 heteroatoms. The van der Waals surface area contributed by atoms with Crippen molar-refractivity contribution < 1.29 is 0 Å². The van der Waals surface area contributed by atoms with Gasteiger partial charge in [0.05, 0.1) is 0 Å². The van der Waals surface area contributed by atoms with E-state index in [9.17, 15) is 0 Å². The summed E-state index contributed by atoms with van der Waals surface area (Å²) in [6, 6.07) is 5.06. The summed E-state index contributed by atoms with van der Waals surface area (Å²) < 4.78 is 2.16. The SMILES string of the molecule is Cn1cccc1CNC1CC1. The second-order valence-corrected chi connectivity index (χ2v) is 3.27. The summed E-state index contributed by atoms with van der Waals surface area (Å²) in [6.45, 7) is 1.02. The van der Waals surface area contributed by atoms with Gasteiger partial charge in [0.15, 0.2) is 0 Å². The van der Waals surface area contributed by atoms with Gasteiger partial charge in [-0.2, -0.15) is 0 Å². The summed E-state index contributed by atoms with van der Waals surface area (Å²) >= 11 is 0. The van der Waals surface area contributed by atoms with Gasteiger partial charge in [-0.1, -0.05) is 0 Å². The Kier molecular flexibility index (Phi) is 1.70. The maximum absolute atomic E-state index is 3.48. The van der Waals surface area contributed by atoms with E-state index in [1.54, 1.807) is 0 Å². The van der Waals surface area contributed by atoms with Gasteiger partial charge in [-0.05, 0) is 25.0 Å². The first kappa shape index (κ1) is 6.92. The van der Waals surface area contributed by atoms with E-state index in [-0.39, 0.29) is 0 Å². The van der Waals surface area contributed by atoms with E-state index in [0.717, 1.165) is 12.6 Å². The predicted molar refractivity (Wildman–Crippen MR) is 45.3 cm³/mol. The smallest absolute Gasteiger partial charge is 0.0361 e. The maximum atomic E-state index is 3.48. The van der Waals surface area contributed by atoms with Crippen molar-refractivity contribution in [2.24, 2.45) is 7.05 Å². The second-order valence-electron chi connectivity index (χ2n) is 3.27. The molecular weight excluding hydrogens is 136 g/mol. The summed E-state index contributed by atoms with van der Waals surface area (Å²) in [5.41, 5.74) is 1.37. The van der Waals surface area contributed by atoms with Crippen LogP contribution in [-0.4, -0.2) is 10.6 Å². The van der Waals surface area contributed by atoms with Crippen molar-refractivity contribution in [3.63, 3.8) is 0 Å². The van der Waals surface area contributed by atoms with Crippen LogP contribution in [0.25, 0.3) is 0 Å². The number of hydrogen-bond acceptors (Lipinski definition) is 1. The molecule has 1 aromatic rings. The van der Waals surface area contributed by atoms with E-state index in [1.165, 1.54) is 18.5 Å². The van der Waals surface area contributed by atoms with Crippen molar-refractivity contribution in [2.75, 3.05) is 0 Å². The first-order valence-electron chi connectivity index (χ1n) is 4.20. The van der Waals surface area contributed by atoms with Gasteiger partial charge < -0.3 is 9.88 Å². The number of aryl methyl sites for hydroxylation is 1. The highest BCUT2D eigenvalue weighted by Crippen LogP contribution is 2.19. The van der Waals surface area contributed by atoms with Crippen molar-refractivity contribution >= 4 is 0 Å². The van der Waals surface area contributed by atoms with Crippen molar-refractivity contribution in [2.45, 2.75) is 25.4 Å². The van der Waals surface area contributed by atoms with Crippen LogP contribution in [0.5, 0.6) is 0 Å². The highest BCUT2D eigenvalue weighted by atomic mass is 15.0. The minimum Gasteiger partial charge on any atom is -0.353 e. The van der Waals surface area contributed by atoms with Crippen molar-refractivity contribution in [1.29, 1.82) is 0 Å². The van der Waals surface area contributed by atoms with E-state index in [4.69, 9.17) is 0 Å². The molecule has 1 aliphatic carbocycles. The lowest BCUT2D eigenvalue weighted by Gasteiger charge is -2.03. The second kappa shape index (κ2) is 2.70. The lowest BCUT2D eigenvalue weighted by atomic mass is 10.4. The molecule has 1 heterocycles. The van der Waals surface area contributed by atoms with Crippen LogP contribution >= 0.6 is 0 Å². The van der Waals surface area contributed by atoms with Crippen LogP contribution in [0.2, 0.25) is 0 Å². The zero-order valence-corrected chi connectivity index (χ0v) is 6.88. The molecular formula is C9H14N2. The van der Waals surface area contributed by atoms with E-state index >= 15 is 0 Å². The molecule has 0 saturated heterocycles. The van der Waals surface area contributed by atoms with Crippen LogP contribution in [0.15, 0.2) is 18.3 Å². The predicted octanol–water partition coefficient (Wildman–Crippen LogP) is 1.28. The van der Waals surface area contributed by atoms with E-state index < -0.39 is 0 Å². The van der Waals surface area contributed by atoms with Crippen LogP contribution in [0.4, 0.5) is 0 Å². The Labute approximate surface area is 67.2 Å². The molecule has 1 saturated carbocycles. The Morgan fingerprint density at radius 3 is 3.00 bits per heavy atom. The molecule has 0 bridgehead atoms. The normalized spacial score (nSPS) is 17.2. The topological polar surface area (TPSA) is 17.0 Å². The molecule has 0 unspecified atom stereocenters. The fourth-order valence-corrected chi connectivity index (χ4v) is 1.22. The van der Waals surface area contributed by atoms with Gasteiger partial charge in [0.25, 0.3) is 0 Å². The van der Waals surface area contributed by atoms with Gasteiger partial charge in [0.2, 0.25) is 0 Å².